The highest BCUT2D eigenvalue weighted by atomic mass is 35.5. The molecule has 0 aliphatic rings. The van der Waals surface area contributed by atoms with Crippen molar-refractivity contribution in [2.24, 2.45) is 0 Å². The van der Waals surface area contributed by atoms with Gasteiger partial charge in [-0.1, -0.05) is 23.2 Å². The van der Waals surface area contributed by atoms with Gasteiger partial charge in [-0.05, 0) is 36.4 Å². The van der Waals surface area contributed by atoms with Crippen molar-refractivity contribution in [3.05, 3.63) is 52.3 Å². The first-order valence-corrected chi connectivity index (χ1v) is 7.56. The fourth-order valence-electron chi connectivity index (χ4n) is 1.56. The van der Waals surface area contributed by atoms with E-state index in [1.807, 2.05) is 0 Å². The zero-order valence-corrected chi connectivity index (χ0v) is 12.2. The summed E-state index contributed by atoms with van der Waals surface area (Å²) in [5, 5.41) is 0.222. The third-order valence-corrected chi connectivity index (χ3v) is 4.45. The first-order valence-electron chi connectivity index (χ1n) is 5.32. The van der Waals surface area contributed by atoms with Crippen LogP contribution < -0.4 is 10.5 Å². The molecule has 3 N–H and O–H groups in total. The Hall–Kier alpha value is -1.50. The minimum atomic E-state index is -3.99. The standard InChI is InChI=1S/C12H9Cl2FN2O2S/c13-7-1-2-11(14)12(3-7)20(18,19)17-10-5-8(15)4-9(16)6-10/h1-6,17H,16H2. The molecule has 0 saturated heterocycles. The second-order valence-corrected chi connectivity index (χ2v) is 6.45. The van der Waals surface area contributed by atoms with Gasteiger partial charge in [0.05, 0.1) is 10.7 Å². The number of rotatable bonds is 3. The van der Waals surface area contributed by atoms with Gasteiger partial charge in [0, 0.05) is 10.7 Å². The molecule has 0 heterocycles. The first kappa shape index (κ1) is 14.9. The van der Waals surface area contributed by atoms with Crippen LogP contribution in [0.1, 0.15) is 0 Å². The predicted molar refractivity (Wildman–Crippen MR) is 78.1 cm³/mol. The van der Waals surface area contributed by atoms with Crippen molar-refractivity contribution in [2.75, 3.05) is 10.5 Å². The van der Waals surface area contributed by atoms with Crippen LogP contribution in [0.5, 0.6) is 0 Å². The van der Waals surface area contributed by atoms with Crippen molar-refractivity contribution in [3.63, 3.8) is 0 Å². The zero-order chi connectivity index (χ0) is 14.9. The van der Waals surface area contributed by atoms with Gasteiger partial charge < -0.3 is 5.73 Å². The summed E-state index contributed by atoms with van der Waals surface area (Å²) in [5.74, 6) is -0.653. The molecule has 0 amide bonds. The van der Waals surface area contributed by atoms with Gasteiger partial charge in [-0.25, -0.2) is 12.8 Å². The number of hydrogen-bond acceptors (Lipinski definition) is 3. The molecule has 0 spiro atoms. The predicted octanol–water partition coefficient (Wildman–Crippen LogP) is 3.52. The van der Waals surface area contributed by atoms with E-state index in [0.29, 0.717) is 0 Å². The molecule has 0 aromatic heterocycles. The lowest BCUT2D eigenvalue weighted by molar-refractivity contribution is 0.601. The molecular formula is C12H9Cl2FN2O2S. The topological polar surface area (TPSA) is 72.2 Å². The van der Waals surface area contributed by atoms with Gasteiger partial charge in [-0.15, -0.1) is 0 Å². The van der Waals surface area contributed by atoms with Crippen LogP contribution in [-0.4, -0.2) is 8.42 Å². The van der Waals surface area contributed by atoms with E-state index in [4.69, 9.17) is 28.9 Å². The summed E-state index contributed by atoms with van der Waals surface area (Å²) in [6, 6.07) is 7.39. The summed E-state index contributed by atoms with van der Waals surface area (Å²) in [7, 11) is -3.99. The van der Waals surface area contributed by atoms with Gasteiger partial charge >= 0.3 is 0 Å². The smallest absolute Gasteiger partial charge is 0.263 e. The highest BCUT2D eigenvalue weighted by Crippen LogP contribution is 2.27. The Morgan fingerprint density at radius 1 is 1.10 bits per heavy atom. The third kappa shape index (κ3) is 3.33. The summed E-state index contributed by atoms with van der Waals surface area (Å²) >= 11 is 11.6. The van der Waals surface area contributed by atoms with Crippen LogP contribution in [-0.2, 0) is 10.0 Å². The molecule has 4 nitrogen and oxygen atoms in total. The van der Waals surface area contributed by atoms with Gasteiger partial charge in [0.1, 0.15) is 10.7 Å². The highest BCUT2D eigenvalue weighted by molar-refractivity contribution is 7.92. The Morgan fingerprint density at radius 3 is 2.45 bits per heavy atom. The second-order valence-electron chi connectivity index (χ2n) is 3.95. The molecular weight excluding hydrogens is 326 g/mol. The molecule has 0 aliphatic heterocycles. The Balaban J connectivity index is 2.43. The number of halogens is 3. The lowest BCUT2D eigenvalue weighted by Crippen LogP contribution is -2.13. The molecule has 0 saturated carbocycles. The van der Waals surface area contributed by atoms with E-state index in [2.05, 4.69) is 4.72 Å². The lowest BCUT2D eigenvalue weighted by atomic mass is 10.3. The Bertz CT molecular complexity index is 746. The molecule has 0 aliphatic carbocycles. The lowest BCUT2D eigenvalue weighted by Gasteiger charge is -2.10. The number of benzene rings is 2. The fraction of sp³-hybridized carbons (Fsp3) is 0. The molecule has 106 valence electrons. The van der Waals surface area contributed by atoms with Gasteiger partial charge in [0.25, 0.3) is 10.0 Å². The molecule has 0 bridgehead atoms. The molecule has 20 heavy (non-hydrogen) atoms. The van der Waals surface area contributed by atoms with Crippen LogP contribution in [0.25, 0.3) is 0 Å². The van der Waals surface area contributed by atoms with Crippen molar-refractivity contribution in [1.29, 1.82) is 0 Å². The quantitative estimate of drug-likeness (QED) is 0.843. The van der Waals surface area contributed by atoms with Crippen molar-refractivity contribution in [3.8, 4) is 0 Å². The van der Waals surface area contributed by atoms with E-state index in [1.54, 1.807) is 0 Å². The molecule has 0 unspecified atom stereocenters. The SMILES string of the molecule is Nc1cc(F)cc(NS(=O)(=O)c2cc(Cl)ccc2Cl)c1. The average Bonchev–Trinajstić information content (AvgIpc) is 2.30. The summed E-state index contributed by atoms with van der Waals surface area (Å²) in [4.78, 5) is -0.200. The molecule has 2 aromatic carbocycles. The molecule has 0 radical (unpaired) electrons. The van der Waals surface area contributed by atoms with Crippen molar-refractivity contribution >= 4 is 44.6 Å². The Morgan fingerprint density at radius 2 is 1.80 bits per heavy atom. The summed E-state index contributed by atoms with van der Waals surface area (Å²) in [5.41, 5.74) is 5.54. The molecule has 8 heteroatoms. The summed E-state index contributed by atoms with van der Waals surface area (Å²) in [6.07, 6.45) is 0. The van der Waals surface area contributed by atoms with Crippen molar-refractivity contribution in [1.82, 2.24) is 0 Å². The van der Waals surface area contributed by atoms with Crippen molar-refractivity contribution in [2.45, 2.75) is 4.90 Å². The van der Waals surface area contributed by atoms with E-state index in [0.717, 1.165) is 12.1 Å². The Labute approximate surface area is 125 Å². The van der Waals surface area contributed by atoms with E-state index in [-0.39, 0.29) is 26.3 Å². The normalized spacial score (nSPS) is 11.3. The maximum atomic E-state index is 13.2. The van der Waals surface area contributed by atoms with Gasteiger partial charge in [0.2, 0.25) is 0 Å². The zero-order valence-electron chi connectivity index (χ0n) is 9.90. The van der Waals surface area contributed by atoms with Crippen LogP contribution >= 0.6 is 23.2 Å². The van der Waals surface area contributed by atoms with Crippen molar-refractivity contribution < 1.29 is 12.8 Å². The van der Waals surface area contributed by atoms with Crippen LogP contribution in [0.3, 0.4) is 0 Å². The summed E-state index contributed by atoms with van der Waals surface area (Å²) in [6.45, 7) is 0. The second kappa shape index (κ2) is 5.47. The molecule has 2 rings (SSSR count). The van der Waals surface area contributed by atoms with Crippen LogP contribution in [0.2, 0.25) is 10.0 Å². The summed E-state index contributed by atoms with van der Waals surface area (Å²) < 4.78 is 39.7. The fourth-order valence-corrected chi connectivity index (χ4v) is 3.37. The Kier molecular flexibility index (Phi) is 4.08. The maximum absolute atomic E-state index is 13.2. The van der Waals surface area contributed by atoms with Crippen LogP contribution in [0.15, 0.2) is 41.3 Å². The molecule has 0 atom stereocenters. The number of hydrogen-bond donors (Lipinski definition) is 2. The largest absolute Gasteiger partial charge is 0.399 e. The number of nitrogens with one attached hydrogen (secondary N) is 1. The van der Waals surface area contributed by atoms with E-state index < -0.39 is 15.8 Å². The highest BCUT2D eigenvalue weighted by Gasteiger charge is 2.19. The van der Waals surface area contributed by atoms with Crippen LogP contribution in [0.4, 0.5) is 15.8 Å². The van der Waals surface area contributed by atoms with E-state index in [9.17, 15) is 12.8 Å². The first-order chi connectivity index (χ1) is 9.28. The number of anilines is 2. The average molecular weight is 335 g/mol. The van der Waals surface area contributed by atoms with E-state index >= 15 is 0 Å². The minimum absolute atomic E-state index is 0.00135. The van der Waals surface area contributed by atoms with Gasteiger partial charge in [-0.2, -0.15) is 0 Å². The maximum Gasteiger partial charge on any atom is 0.263 e. The number of nitrogens with two attached hydrogens (primary N) is 1. The molecule has 0 fully saturated rings. The third-order valence-electron chi connectivity index (χ3n) is 2.36. The number of nitrogen functional groups attached to an aromatic ring is 1. The molecule has 2 aromatic rings. The van der Waals surface area contributed by atoms with Crippen LogP contribution in [0, 0.1) is 5.82 Å². The number of sulfonamides is 1. The van der Waals surface area contributed by atoms with E-state index in [1.165, 1.54) is 24.3 Å². The van der Waals surface area contributed by atoms with Gasteiger partial charge in [0.15, 0.2) is 0 Å². The minimum Gasteiger partial charge on any atom is -0.399 e. The van der Waals surface area contributed by atoms with Gasteiger partial charge in [-0.3, -0.25) is 4.72 Å². The monoisotopic (exact) mass is 334 g/mol.